The molecule has 0 saturated carbocycles. The van der Waals surface area contributed by atoms with Crippen LogP contribution in [0.3, 0.4) is 0 Å². The third-order valence-corrected chi connectivity index (χ3v) is 22.9. The highest BCUT2D eigenvalue weighted by Gasteiger charge is 2.31. The van der Waals surface area contributed by atoms with E-state index in [1.165, 1.54) is 107 Å². The minimum atomic E-state index is -4.62. The molecule has 0 unspecified atom stereocenters. The number of rotatable bonds is 3. The van der Waals surface area contributed by atoms with Crippen LogP contribution in [0.15, 0.2) is 285 Å². The second-order valence-electron chi connectivity index (χ2n) is 48.4. The Labute approximate surface area is 844 Å². The molecule has 4 nitrogen and oxygen atoms in total. The SMILES string of the molecule is CC(C)(C)c1ccc(OC(F)(F)F)cc1.CC(C)(C)c1ccccc1CO.CC(C)(C)c1ccccc1Cl.CC(C)(C)c1ccccc1F.COc1cccc(C(C)(C)C)c1.Cc1ccc(C(C)(C)C)cc1.Cc1ccc(C(C)(C)C)cc1.Cc1ccc(C(C)(C)C)cn1.Cc1cccc(C(C)(C)C)c1.Cc1cccc(C(C)(C)C)c1.Cc1ccccc1C(C)(C)C.Cc1ccccc1C(C)(C)C. The van der Waals surface area contributed by atoms with Crippen LogP contribution in [0, 0.1) is 54.3 Å². The van der Waals surface area contributed by atoms with E-state index in [-0.39, 0.29) is 83.2 Å². The number of methoxy groups -OCH3 is 1. The predicted molar refractivity (Wildman–Crippen MR) is 597 cm³/mol. The molecule has 1 N–H and O–H groups in total. The van der Waals surface area contributed by atoms with Crippen molar-refractivity contribution >= 4 is 11.6 Å². The van der Waals surface area contributed by atoms with E-state index in [1.54, 1.807) is 25.3 Å². The molecule has 0 saturated heterocycles. The van der Waals surface area contributed by atoms with Crippen molar-refractivity contribution in [1.29, 1.82) is 0 Å². The standard InChI is InChI=1S/C11H13F3O.2C11H16O.6C11H16.C10H13Cl.C10H13F.C10H15N/c1-10(2,3)8-4-6-9(7-5-8)15-11(12,13)14;1-11(2,3)9-6-5-7-10(8-9)12-4;1-11(2,3)10-7-5-4-6-9(10)8-12;2*1-9-5-7-10(8-6-9)11(2,3)4;2*1-9-6-5-7-10(8-9)11(2,3)4;2*1-9-7-5-6-8-10(9)11(2,3)4;2*1-10(2,3)8-6-4-5-7-9(8)11;1-8-5-6-9(7-11-8)10(2,3)4/h4-7H,1-3H3;5-8H,1-4H3;4-7,12H,8H2,1-3H3;6*5-8H,1-4H3;2*4-7H,1-3H3;5-7H,1-4H3. The van der Waals surface area contributed by atoms with Gasteiger partial charge in [-0.3, -0.25) is 4.98 Å². The summed E-state index contributed by atoms with van der Waals surface area (Å²) in [5, 5.41) is 9.94. The first kappa shape index (κ1) is 126. The Bertz CT molecular complexity index is 5030. The molecule has 1 aromatic heterocycles. The number of benzene rings is 11. The topological polar surface area (TPSA) is 51.6 Å². The summed E-state index contributed by atoms with van der Waals surface area (Å²) < 4.78 is 57.6. The molecule has 11 aromatic carbocycles. The summed E-state index contributed by atoms with van der Waals surface area (Å²) in [6.45, 7) is 93.4. The number of aryl methyl sites for hydroxylation is 7. The Morgan fingerprint density at radius 1 is 0.261 bits per heavy atom. The molecule has 1 heterocycles. The van der Waals surface area contributed by atoms with E-state index in [4.69, 9.17) is 21.4 Å². The van der Waals surface area contributed by atoms with Gasteiger partial charge < -0.3 is 14.6 Å². The smallest absolute Gasteiger partial charge is 0.497 e. The zero-order valence-electron chi connectivity index (χ0n) is 93.9. The van der Waals surface area contributed by atoms with Gasteiger partial charge in [0.05, 0.1) is 13.7 Å². The molecular weight excluding hydrogens is 1720 g/mol. The van der Waals surface area contributed by atoms with Gasteiger partial charge in [0, 0.05) is 16.9 Å². The lowest BCUT2D eigenvalue weighted by molar-refractivity contribution is -0.274. The highest BCUT2D eigenvalue weighted by atomic mass is 35.5. The van der Waals surface area contributed by atoms with E-state index in [0.29, 0.717) is 0 Å². The molecule has 12 rings (SSSR count). The maximum absolute atomic E-state index is 13.1. The Morgan fingerprint density at radius 3 is 0.804 bits per heavy atom. The number of aromatic nitrogens is 1. The van der Waals surface area contributed by atoms with E-state index >= 15 is 0 Å². The number of aliphatic hydroxyl groups is 1. The number of pyridine rings is 1. The lowest BCUT2D eigenvalue weighted by Crippen LogP contribution is -2.17. The van der Waals surface area contributed by atoms with Crippen molar-refractivity contribution in [3.8, 4) is 11.5 Å². The molecule has 0 aliphatic rings. The first-order chi connectivity index (χ1) is 62.8. The molecule has 0 atom stereocenters. The molecular formula is C129H182ClF4NO3. The third-order valence-electron chi connectivity index (χ3n) is 22.5. The Balaban J connectivity index is 0.000000753. The van der Waals surface area contributed by atoms with Gasteiger partial charge in [0.25, 0.3) is 0 Å². The van der Waals surface area contributed by atoms with Gasteiger partial charge in [-0.1, -0.05) is 520 Å². The fourth-order valence-corrected chi connectivity index (χ4v) is 14.3. The number of hydrogen-bond donors (Lipinski definition) is 1. The maximum atomic E-state index is 13.1. The van der Waals surface area contributed by atoms with Gasteiger partial charge in [-0.05, 0) is 239 Å². The monoisotopic (exact) mass is 1900 g/mol. The van der Waals surface area contributed by atoms with Crippen molar-refractivity contribution in [1.82, 2.24) is 4.98 Å². The zero-order valence-corrected chi connectivity index (χ0v) is 94.7. The van der Waals surface area contributed by atoms with Crippen LogP contribution in [0.1, 0.15) is 361 Å². The molecule has 138 heavy (non-hydrogen) atoms. The number of aliphatic hydroxyl groups excluding tert-OH is 1. The molecule has 0 fully saturated rings. The van der Waals surface area contributed by atoms with Crippen LogP contribution >= 0.6 is 11.6 Å². The maximum Gasteiger partial charge on any atom is 0.573 e. The lowest BCUT2D eigenvalue weighted by Gasteiger charge is -2.21. The van der Waals surface area contributed by atoms with Crippen molar-refractivity contribution in [3.05, 3.63) is 407 Å². The van der Waals surface area contributed by atoms with Crippen LogP contribution in [-0.2, 0) is 71.6 Å². The van der Waals surface area contributed by atoms with Crippen LogP contribution in [0.2, 0.25) is 5.02 Å². The predicted octanol–water partition coefficient (Wildman–Crippen LogP) is 38.6. The van der Waals surface area contributed by atoms with E-state index in [9.17, 15) is 17.6 Å². The number of halogens is 5. The van der Waals surface area contributed by atoms with Gasteiger partial charge in [-0.25, -0.2) is 4.39 Å². The molecule has 0 aliphatic carbocycles. The van der Waals surface area contributed by atoms with Crippen LogP contribution in [0.25, 0.3) is 0 Å². The summed E-state index contributed by atoms with van der Waals surface area (Å²) in [6.07, 6.45) is -2.67. The fraction of sp³-hybridized carbons (Fsp3) is 0.450. The van der Waals surface area contributed by atoms with Gasteiger partial charge in [0.1, 0.15) is 17.3 Å². The Kier molecular flexibility index (Phi) is 50.6. The van der Waals surface area contributed by atoms with Crippen molar-refractivity contribution < 1.29 is 32.1 Å². The van der Waals surface area contributed by atoms with Gasteiger partial charge in [-0.15, -0.1) is 13.2 Å². The number of nitrogens with zero attached hydrogens (tertiary/aromatic N) is 1. The number of ether oxygens (including phenoxy) is 2. The number of alkyl halides is 3. The van der Waals surface area contributed by atoms with E-state index in [0.717, 1.165) is 33.2 Å². The largest absolute Gasteiger partial charge is 0.573 e. The van der Waals surface area contributed by atoms with Gasteiger partial charge in [0.2, 0.25) is 0 Å². The first-order valence-corrected chi connectivity index (χ1v) is 49.3. The Hall–Kier alpha value is -9.86. The summed E-state index contributed by atoms with van der Waals surface area (Å²) in [5.41, 5.74) is 27.8. The Morgan fingerprint density at radius 2 is 0.551 bits per heavy atom. The molecule has 0 spiro atoms. The van der Waals surface area contributed by atoms with Gasteiger partial charge in [-0.2, -0.15) is 0 Å². The summed E-state index contributed by atoms with van der Waals surface area (Å²) >= 11 is 6.01. The molecule has 9 heteroatoms. The highest BCUT2D eigenvalue weighted by molar-refractivity contribution is 6.31. The van der Waals surface area contributed by atoms with E-state index in [2.05, 4.69) is 441 Å². The average molecular weight is 1910 g/mol. The van der Waals surface area contributed by atoms with Crippen LogP contribution in [-0.4, -0.2) is 23.6 Å². The minimum Gasteiger partial charge on any atom is -0.497 e. The molecule has 12 aromatic rings. The second-order valence-corrected chi connectivity index (χ2v) is 48.8. The average Bonchev–Trinajstić information content (AvgIpc) is 0.845. The van der Waals surface area contributed by atoms with Crippen molar-refractivity contribution in [2.75, 3.05) is 7.11 Å². The van der Waals surface area contributed by atoms with Gasteiger partial charge >= 0.3 is 6.36 Å². The fourth-order valence-electron chi connectivity index (χ4n) is 13.8. The summed E-state index contributed by atoms with van der Waals surface area (Å²) in [6, 6.07) is 93.2. The highest BCUT2D eigenvalue weighted by Crippen LogP contribution is 2.35. The number of hydrogen-bond acceptors (Lipinski definition) is 4. The molecule has 0 bridgehead atoms. The summed E-state index contributed by atoms with van der Waals surface area (Å²) in [4.78, 5) is 4.25. The molecule has 756 valence electrons. The summed E-state index contributed by atoms with van der Waals surface area (Å²) in [7, 11) is 1.70. The van der Waals surface area contributed by atoms with E-state index < -0.39 is 6.36 Å². The van der Waals surface area contributed by atoms with Crippen LogP contribution < -0.4 is 9.47 Å². The zero-order chi connectivity index (χ0) is 106. The second kappa shape index (κ2) is 55.4. The van der Waals surface area contributed by atoms with Crippen LogP contribution in [0.4, 0.5) is 17.6 Å². The van der Waals surface area contributed by atoms with E-state index in [1.807, 2.05) is 115 Å². The van der Waals surface area contributed by atoms with Crippen LogP contribution in [0.5, 0.6) is 11.5 Å². The van der Waals surface area contributed by atoms with Gasteiger partial charge in [0.15, 0.2) is 0 Å². The quantitative estimate of drug-likeness (QED) is 0.179. The molecule has 0 aliphatic heterocycles. The molecule has 0 amide bonds. The van der Waals surface area contributed by atoms with Crippen molar-refractivity contribution in [3.63, 3.8) is 0 Å². The van der Waals surface area contributed by atoms with Crippen molar-refractivity contribution in [2.24, 2.45) is 0 Å². The van der Waals surface area contributed by atoms with Crippen molar-refractivity contribution in [2.45, 2.75) is 376 Å². The normalized spacial score (nSPS) is 11.7. The third kappa shape index (κ3) is 51.3. The molecule has 0 radical (unpaired) electrons. The summed E-state index contributed by atoms with van der Waals surface area (Å²) in [5.74, 6) is 0.637. The lowest BCUT2D eigenvalue weighted by atomic mass is 9.84. The first-order valence-electron chi connectivity index (χ1n) is 48.9. The minimum absolute atomic E-state index is 0.0727.